The Bertz CT molecular complexity index is 49.4. The molecule has 1 unspecified atom stereocenters. The molecule has 49 valence electrons. The van der Waals surface area contributed by atoms with E-state index in [-0.39, 0.29) is 8.80 Å². The summed E-state index contributed by atoms with van der Waals surface area (Å²) < 4.78 is 0. The summed E-state index contributed by atoms with van der Waals surface area (Å²) in [6, 6.07) is 0. The minimum absolute atomic E-state index is 0.0118. The first-order valence-electron chi connectivity index (χ1n) is 3.35. The summed E-state index contributed by atoms with van der Waals surface area (Å²) in [5.41, 5.74) is 0.972. The molecule has 0 N–H and O–H groups in total. The van der Waals surface area contributed by atoms with Gasteiger partial charge < -0.3 is 0 Å². The van der Waals surface area contributed by atoms with Crippen LogP contribution in [0.15, 0.2) is 0 Å². The fraction of sp³-hybridized carbons (Fsp3) is 1.00. The standard InChI is InChI=1S/C7H17Si/c1-6(2)7(3)8(4)5/h6-7H,1-5H3. The van der Waals surface area contributed by atoms with Crippen molar-refractivity contribution in [3.8, 4) is 0 Å². The highest BCUT2D eigenvalue weighted by atomic mass is 28.3. The zero-order valence-electron chi connectivity index (χ0n) is 6.65. The predicted molar refractivity (Wildman–Crippen MR) is 41.7 cm³/mol. The molecule has 0 bridgehead atoms. The van der Waals surface area contributed by atoms with Gasteiger partial charge in [-0.1, -0.05) is 33.9 Å². The molecule has 0 aromatic carbocycles. The molecule has 0 amide bonds. The molecule has 1 atom stereocenters. The van der Waals surface area contributed by atoms with Crippen molar-refractivity contribution in [1.82, 2.24) is 0 Å². The van der Waals surface area contributed by atoms with Crippen molar-refractivity contribution in [2.24, 2.45) is 5.92 Å². The predicted octanol–water partition coefficient (Wildman–Crippen LogP) is 2.79. The van der Waals surface area contributed by atoms with Crippen LogP contribution in [0.25, 0.3) is 0 Å². The molecule has 0 aliphatic carbocycles. The summed E-state index contributed by atoms with van der Waals surface area (Å²) >= 11 is 0. The molecule has 1 heteroatoms. The summed E-state index contributed by atoms with van der Waals surface area (Å²) in [5, 5.41) is 0. The molecule has 0 spiro atoms. The van der Waals surface area contributed by atoms with Gasteiger partial charge in [-0.05, 0) is 11.5 Å². The zero-order chi connectivity index (χ0) is 6.73. The van der Waals surface area contributed by atoms with Crippen molar-refractivity contribution in [1.29, 1.82) is 0 Å². The largest absolute Gasteiger partial charge is 0.0711 e. The van der Waals surface area contributed by atoms with Gasteiger partial charge in [0.1, 0.15) is 0 Å². The van der Waals surface area contributed by atoms with Gasteiger partial charge in [-0.25, -0.2) is 0 Å². The minimum Gasteiger partial charge on any atom is -0.0711 e. The second-order valence-corrected chi connectivity index (χ2v) is 6.18. The third kappa shape index (κ3) is 2.51. The lowest BCUT2D eigenvalue weighted by atomic mass is 10.1. The van der Waals surface area contributed by atoms with Gasteiger partial charge in [-0.2, -0.15) is 0 Å². The Balaban J connectivity index is 3.46. The normalized spacial score (nSPS) is 15.4. The van der Waals surface area contributed by atoms with Gasteiger partial charge in [0, 0.05) is 8.80 Å². The van der Waals surface area contributed by atoms with Crippen molar-refractivity contribution in [2.45, 2.75) is 39.4 Å². The van der Waals surface area contributed by atoms with Crippen LogP contribution in [0.4, 0.5) is 0 Å². The lowest BCUT2D eigenvalue weighted by Crippen LogP contribution is -2.13. The molecule has 0 aromatic rings. The van der Waals surface area contributed by atoms with Crippen LogP contribution in [0.1, 0.15) is 20.8 Å². The Labute approximate surface area is 54.9 Å². The van der Waals surface area contributed by atoms with Crippen molar-refractivity contribution in [2.75, 3.05) is 0 Å². The highest BCUT2D eigenvalue weighted by molar-refractivity contribution is 6.57. The Morgan fingerprint density at radius 2 is 1.38 bits per heavy atom. The average molecular weight is 129 g/mol. The van der Waals surface area contributed by atoms with Gasteiger partial charge in [0.15, 0.2) is 0 Å². The fourth-order valence-electron chi connectivity index (χ4n) is 0.667. The number of hydrogen-bond donors (Lipinski definition) is 0. The fourth-order valence-corrected chi connectivity index (χ4v) is 2.00. The van der Waals surface area contributed by atoms with Crippen LogP contribution in [0, 0.1) is 5.92 Å². The van der Waals surface area contributed by atoms with E-state index in [9.17, 15) is 0 Å². The second-order valence-electron chi connectivity index (χ2n) is 3.11. The van der Waals surface area contributed by atoms with Crippen LogP contribution < -0.4 is 0 Å². The summed E-state index contributed by atoms with van der Waals surface area (Å²) in [7, 11) is -0.0118. The van der Waals surface area contributed by atoms with E-state index >= 15 is 0 Å². The summed E-state index contributed by atoms with van der Waals surface area (Å²) in [6.07, 6.45) is 0. The Morgan fingerprint density at radius 3 is 1.38 bits per heavy atom. The van der Waals surface area contributed by atoms with E-state index in [1.807, 2.05) is 0 Å². The van der Waals surface area contributed by atoms with Gasteiger partial charge in [0.2, 0.25) is 0 Å². The Hall–Kier alpha value is 0.217. The van der Waals surface area contributed by atoms with Gasteiger partial charge >= 0.3 is 0 Å². The Morgan fingerprint density at radius 1 is 1.00 bits per heavy atom. The van der Waals surface area contributed by atoms with E-state index in [2.05, 4.69) is 33.9 Å². The summed E-state index contributed by atoms with van der Waals surface area (Å²) in [4.78, 5) is 0. The van der Waals surface area contributed by atoms with E-state index in [0.717, 1.165) is 11.5 Å². The van der Waals surface area contributed by atoms with Gasteiger partial charge in [-0.3, -0.25) is 0 Å². The maximum absolute atomic E-state index is 2.38. The highest BCUT2D eigenvalue weighted by Gasteiger charge is 2.11. The number of hydrogen-bond acceptors (Lipinski definition) is 0. The first-order valence-corrected chi connectivity index (χ1v) is 5.93. The number of rotatable bonds is 2. The molecule has 0 aromatic heterocycles. The molecule has 0 nitrogen and oxygen atoms in total. The molecule has 0 saturated carbocycles. The second kappa shape index (κ2) is 3.28. The average Bonchev–Trinajstić information content (AvgIpc) is 1.64. The molecule has 0 heterocycles. The van der Waals surface area contributed by atoms with Crippen LogP contribution in [-0.4, -0.2) is 8.80 Å². The highest BCUT2D eigenvalue weighted by Crippen LogP contribution is 2.19. The lowest BCUT2D eigenvalue weighted by molar-refractivity contribution is 0.614. The molecule has 1 radical (unpaired) electrons. The zero-order valence-corrected chi connectivity index (χ0v) is 7.65. The molecule has 8 heavy (non-hydrogen) atoms. The Kier molecular flexibility index (Phi) is 3.37. The topological polar surface area (TPSA) is 0 Å². The smallest absolute Gasteiger partial charge is 0.0445 e. The molecule has 0 saturated heterocycles. The van der Waals surface area contributed by atoms with Crippen LogP contribution in [0.3, 0.4) is 0 Å². The van der Waals surface area contributed by atoms with E-state index in [1.54, 1.807) is 0 Å². The maximum Gasteiger partial charge on any atom is 0.0445 e. The van der Waals surface area contributed by atoms with Crippen LogP contribution in [0.5, 0.6) is 0 Å². The minimum atomic E-state index is -0.0118. The van der Waals surface area contributed by atoms with Crippen molar-refractivity contribution in [3.05, 3.63) is 0 Å². The molecule has 0 aliphatic heterocycles. The molecule has 0 aliphatic rings. The molecular formula is C7H17Si. The van der Waals surface area contributed by atoms with Gasteiger partial charge in [0.25, 0.3) is 0 Å². The maximum atomic E-state index is 2.38. The van der Waals surface area contributed by atoms with E-state index in [0.29, 0.717) is 0 Å². The van der Waals surface area contributed by atoms with E-state index in [4.69, 9.17) is 0 Å². The third-order valence-electron chi connectivity index (χ3n) is 1.91. The molecule has 0 fully saturated rings. The lowest BCUT2D eigenvalue weighted by Gasteiger charge is -2.17. The van der Waals surface area contributed by atoms with Crippen LogP contribution in [-0.2, 0) is 0 Å². The SMILES string of the molecule is CC(C)C(C)[Si](C)C. The van der Waals surface area contributed by atoms with E-state index in [1.165, 1.54) is 0 Å². The summed E-state index contributed by atoms with van der Waals surface area (Å²) in [6.45, 7) is 11.7. The monoisotopic (exact) mass is 129 g/mol. The van der Waals surface area contributed by atoms with Gasteiger partial charge in [0.05, 0.1) is 0 Å². The van der Waals surface area contributed by atoms with Crippen molar-refractivity contribution >= 4 is 8.80 Å². The van der Waals surface area contributed by atoms with Crippen LogP contribution in [0.2, 0.25) is 18.6 Å². The first kappa shape index (κ1) is 8.22. The first-order chi connectivity index (χ1) is 3.55. The van der Waals surface area contributed by atoms with Crippen LogP contribution >= 0.6 is 0 Å². The van der Waals surface area contributed by atoms with Crippen molar-refractivity contribution < 1.29 is 0 Å². The van der Waals surface area contributed by atoms with Crippen molar-refractivity contribution in [3.63, 3.8) is 0 Å². The third-order valence-corrected chi connectivity index (χ3v) is 4.40. The molecular weight excluding hydrogens is 112 g/mol. The van der Waals surface area contributed by atoms with Gasteiger partial charge in [-0.15, -0.1) is 0 Å². The quantitative estimate of drug-likeness (QED) is 0.503. The van der Waals surface area contributed by atoms with E-state index < -0.39 is 0 Å². The molecule has 0 rings (SSSR count). The summed E-state index contributed by atoms with van der Waals surface area (Å²) in [5.74, 6) is 0.888.